The van der Waals surface area contributed by atoms with E-state index in [0.29, 0.717) is 6.54 Å². The summed E-state index contributed by atoms with van der Waals surface area (Å²) in [5, 5.41) is 0. The maximum Gasteiger partial charge on any atom is 0.251 e. The zero-order valence-electron chi connectivity index (χ0n) is 10.3. The smallest absolute Gasteiger partial charge is 0.251 e. The highest BCUT2D eigenvalue weighted by molar-refractivity contribution is 5.80. The molecule has 1 aromatic rings. The highest BCUT2D eigenvalue weighted by Crippen LogP contribution is 2.15. The summed E-state index contributed by atoms with van der Waals surface area (Å²) < 4.78 is 5.51. The van der Waals surface area contributed by atoms with Gasteiger partial charge in [0.1, 0.15) is 6.10 Å². The van der Waals surface area contributed by atoms with Gasteiger partial charge in [0.05, 0.1) is 0 Å². The number of hydrogen-bond acceptors (Lipinski definition) is 2. The summed E-state index contributed by atoms with van der Waals surface area (Å²) in [5.41, 5.74) is 1.15. The zero-order valence-corrected chi connectivity index (χ0v) is 10.3. The van der Waals surface area contributed by atoms with E-state index >= 15 is 0 Å². The van der Waals surface area contributed by atoms with E-state index in [1.54, 1.807) is 4.90 Å². The number of ether oxygens (including phenoxy) is 1. The molecule has 3 nitrogen and oxygen atoms in total. The molecule has 0 bridgehead atoms. The van der Waals surface area contributed by atoms with Gasteiger partial charge in [0.2, 0.25) is 0 Å². The minimum Gasteiger partial charge on any atom is -0.368 e. The zero-order chi connectivity index (χ0) is 12.1. The van der Waals surface area contributed by atoms with Gasteiger partial charge in [0.15, 0.2) is 0 Å². The number of rotatable bonds is 3. The van der Waals surface area contributed by atoms with Crippen molar-refractivity contribution in [1.82, 2.24) is 4.90 Å². The van der Waals surface area contributed by atoms with E-state index in [2.05, 4.69) is 0 Å². The second kappa shape index (κ2) is 5.82. The summed E-state index contributed by atoms with van der Waals surface area (Å²) in [4.78, 5) is 13.9. The summed E-state index contributed by atoms with van der Waals surface area (Å²) in [7, 11) is 1.84. The Kier molecular flexibility index (Phi) is 4.15. The van der Waals surface area contributed by atoms with E-state index < -0.39 is 0 Å². The highest BCUT2D eigenvalue weighted by Gasteiger charge is 2.24. The van der Waals surface area contributed by atoms with Crippen LogP contribution in [0.25, 0.3) is 0 Å². The Balaban J connectivity index is 1.90. The SMILES string of the molecule is CN(Cc1ccccc1)C(=O)C1CCCCO1. The molecule has 0 aromatic heterocycles. The molecule has 1 unspecified atom stereocenters. The highest BCUT2D eigenvalue weighted by atomic mass is 16.5. The molecule has 1 atom stereocenters. The molecule has 1 fully saturated rings. The van der Waals surface area contributed by atoms with Gasteiger partial charge >= 0.3 is 0 Å². The second-order valence-electron chi connectivity index (χ2n) is 4.54. The summed E-state index contributed by atoms with van der Waals surface area (Å²) >= 11 is 0. The van der Waals surface area contributed by atoms with Crippen molar-refractivity contribution in [3.05, 3.63) is 35.9 Å². The first-order valence-corrected chi connectivity index (χ1v) is 6.18. The van der Waals surface area contributed by atoms with Gasteiger partial charge in [-0.3, -0.25) is 4.79 Å². The lowest BCUT2D eigenvalue weighted by Gasteiger charge is -2.26. The summed E-state index contributed by atoms with van der Waals surface area (Å²) in [5.74, 6) is 0.105. The first-order valence-electron chi connectivity index (χ1n) is 6.18. The van der Waals surface area contributed by atoms with E-state index in [-0.39, 0.29) is 12.0 Å². The van der Waals surface area contributed by atoms with Crippen LogP contribution in [0.1, 0.15) is 24.8 Å². The Morgan fingerprint density at radius 2 is 2.12 bits per heavy atom. The third kappa shape index (κ3) is 3.30. The molecule has 0 saturated carbocycles. The van der Waals surface area contributed by atoms with Crippen molar-refractivity contribution in [1.29, 1.82) is 0 Å². The van der Waals surface area contributed by atoms with Crippen molar-refractivity contribution in [2.45, 2.75) is 31.9 Å². The standard InChI is InChI=1S/C14H19NO2/c1-15(11-12-7-3-2-4-8-12)14(16)13-9-5-6-10-17-13/h2-4,7-8,13H,5-6,9-11H2,1H3. The van der Waals surface area contributed by atoms with Crippen LogP contribution in [-0.2, 0) is 16.1 Å². The molecule has 1 aromatic carbocycles. The molecule has 1 saturated heterocycles. The van der Waals surface area contributed by atoms with Gasteiger partial charge in [-0.05, 0) is 24.8 Å². The predicted molar refractivity (Wildman–Crippen MR) is 66.5 cm³/mol. The lowest BCUT2D eigenvalue weighted by atomic mass is 10.1. The van der Waals surface area contributed by atoms with E-state index in [0.717, 1.165) is 31.4 Å². The van der Waals surface area contributed by atoms with Gasteiger partial charge in [-0.1, -0.05) is 30.3 Å². The van der Waals surface area contributed by atoms with Gasteiger partial charge in [0.25, 0.3) is 5.91 Å². The van der Waals surface area contributed by atoms with E-state index in [9.17, 15) is 4.79 Å². The van der Waals surface area contributed by atoms with Crippen LogP contribution in [0.15, 0.2) is 30.3 Å². The van der Waals surface area contributed by atoms with Crippen LogP contribution in [0.4, 0.5) is 0 Å². The Bertz CT molecular complexity index is 358. The van der Waals surface area contributed by atoms with Crippen LogP contribution in [0.3, 0.4) is 0 Å². The van der Waals surface area contributed by atoms with E-state index in [4.69, 9.17) is 4.74 Å². The average Bonchev–Trinajstić information content (AvgIpc) is 2.40. The summed E-state index contributed by atoms with van der Waals surface area (Å²) in [6.07, 6.45) is 2.80. The fraction of sp³-hybridized carbons (Fsp3) is 0.500. The largest absolute Gasteiger partial charge is 0.368 e. The van der Waals surface area contributed by atoms with Gasteiger partial charge < -0.3 is 9.64 Å². The first-order chi connectivity index (χ1) is 8.27. The van der Waals surface area contributed by atoms with Crippen molar-refractivity contribution in [2.24, 2.45) is 0 Å². The van der Waals surface area contributed by atoms with Gasteiger partial charge in [-0.25, -0.2) is 0 Å². The maximum absolute atomic E-state index is 12.1. The number of hydrogen-bond donors (Lipinski definition) is 0. The second-order valence-corrected chi connectivity index (χ2v) is 4.54. The van der Waals surface area contributed by atoms with Crippen LogP contribution in [0.5, 0.6) is 0 Å². The van der Waals surface area contributed by atoms with Crippen molar-refractivity contribution in [3.63, 3.8) is 0 Å². The molecule has 2 rings (SSSR count). The summed E-state index contributed by atoms with van der Waals surface area (Å²) in [6.45, 7) is 1.37. The molecule has 1 aliphatic heterocycles. The van der Waals surface area contributed by atoms with Crippen LogP contribution in [0.2, 0.25) is 0 Å². The number of likely N-dealkylation sites (N-methyl/N-ethyl adjacent to an activating group) is 1. The topological polar surface area (TPSA) is 29.5 Å². The molecule has 1 heterocycles. The maximum atomic E-state index is 12.1. The molecule has 1 amide bonds. The van der Waals surface area contributed by atoms with E-state index in [1.807, 2.05) is 37.4 Å². The average molecular weight is 233 g/mol. The van der Waals surface area contributed by atoms with Crippen LogP contribution in [-0.4, -0.2) is 30.6 Å². The monoisotopic (exact) mass is 233 g/mol. The fourth-order valence-electron chi connectivity index (χ4n) is 2.12. The molecular formula is C14H19NO2. The molecule has 0 N–H and O–H groups in total. The fourth-order valence-corrected chi connectivity index (χ4v) is 2.12. The van der Waals surface area contributed by atoms with Gasteiger partial charge in [-0.2, -0.15) is 0 Å². The van der Waals surface area contributed by atoms with Crippen molar-refractivity contribution in [2.75, 3.05) is 13.7 Å². The van der Waals surface area contributed by atoms with Gasteiger partial charge in [0, 0.05) is 20.2 Å². The number of amides is 1. The first kappa shape index (κ1) is 12.1. The molecule has 92 valence electrons. The molecule has 0 radical (unpaired) electrons. The summed E-state index contributed by atoms with van der Waals surface area (Å²) in [6, 6.07) is 10.0. The third-order valence-corrected chi connectivity index (χ3v) is 3.09. The molecule has 0 aliphatic carbocycles. The van der Waals surface area contributed by atoms with E-state index in [1.165, 1.54) is 0 Å². The Hall–Kier alpha value is -1.35. The van der Waals surface area contributed by atoms with Crippen LogP contribution < -0.4 is 0 Å². The molecular weight excluding hydrogens is 214 g/mol. The Labute approximate surface area is 102 Å². The van der Waals surface area contributed by atoms with Crippen LogP contribution in [0, 0.1) is 0 Å². The quantitative estimate of drug-likeness (QED) is 0.801. The molecule has 1 aliphatic rings. The predicted octanol–water partition coefficient (Wildman–Crippen LogP) is 2.21. The molecule has 0 spiro atoms. The van der Waals surface area contributed by atoms with Crippen LogP contribution >= 0.6 is 0 Å². The Morgan fingerprint density at radius 1 is 1.35 bits per heavy atom. The minimum absolute atomic E-state index is 0.105. The normalized spacial score (nSPS) is 19.9. The lowest BCUT2D eigenvalue weighted by molar-refractivity contribution is -0.145. The number of nitrogens with zero attached hydrogens (tertiary/aromatic N) is 1. The molecule has 3 heteroatoms. The minimum atomic E-state index is -0.225. The number of carbonyl (C=O) groups excluding carboxylic acids is 1. The number of carbonyl (C=O) groups is 1. The third-order valence-electron chi connectivity index (χ3n) is 3.09. The van der Waals surface area contributed by atoms with Crippen molar-refractivity contribution >= 4 is 5.91 Å². The Morgan fingerprint density at radius 3 is 2.76 bits per heavy atom. The lowest BCUT2D eigenvalue weighted by Crippen LogP contribution is -2.39. The molecule has 17 heavy (non-hydrogen) atoms. The van der Waals surface area contributed by atoms with Gasteiger partial charge in [-0.15, -0.1) is 0 Å². The van der Waals surface area contributed by atoms with Crippen molar-refractivity contribution in [3.8, 4) is 0 Å². The van der Waals surface area contributed by atoms with Crippen molar-refractivity contribution < 1.29 is 9.53 Å². The number of benzene rings is 1.